The highest BCUT2D eigenvalue weighted by Crippen LogP contribution is 2.25. The average Bonchev–Trinajstić information content (AvgIpc) is 3.32. The van der Waals surface area contributed by atoms with Gasteiger partial charge < -0.3 is 10.2 Å². The monoisotopic (exact) mass is 416 g/mol. The maximum Gasteiger partial charge on any atom is 0.254 e. The molecule has 2 heterocycles. The van der Waals surface area contributed by atoms with Gasteiger partial charge in [0, 0.05) is 11.6 Å². The van der Waals surface area contributed by atoms with Crippen molar-refractivity contribution in [1.29, 1.82) is 0 Å². The largest absolute Gasteiger partial charge is 0.350 e. The van der Waals surface area contributed by atoms with Crippen LogP contribution in [0.4, 0.5) is 0 Å². The van der Waals surface area contributed by atoms with Crippen molar-refractivity contribution in [3.05, 3.63) is 69.1 Å². The van der Waals surface area contributed by atoms with E-state index in [2.05, 4.69) is 46.0 Å². The Kier molecular flexibility index (Phi) is 6.54. The van der Waals surface area contributed by atoms with Crippen LogP contribution >= 0.6 is 22.9 Å². The molecule has 0 fully saturated rings. The molecule has 0 radical (unpaired) electrons. The zero-order valence-corrected chi connectivity index (χ0v) is 18.1. The van der Waals surface area contributed by atoms with Crippen molar-refractivity contribution in [2.45, 2.75) is 25.8 Å². The molecule has 2 aromatic heterocycles. The van der Waals surface area contributed by atoms with Gasteiger partial charge in [-0.15, -0.1) is 0 Å². The minimum atomic E-state index is -0.106. The highest BCUT2D eigenvalue weighted by Gasteiger charge is 2.22. The van der Waals surface area contributed by atoms with Crippen LogP contribution in [0.5, 0.6) is 0 Å². The Morgan fingerprint density at radius 2 is 1.96 bits per heavy atom. The number of aromatic nitrogens is 2. The predicted octanol–water partition coefficient (Wildman–Crippen LogP) is 4.74. The molecule has 0 aliphatic rings. The van der Waals surface area contributed by atoms with Crippen molar-refractivity contribution >= 4 is 28.8 Å². The topological polar surface area (TPSA) is 50.2 Å². The number of carbonyl (C=O) groups is 1. The summed E-state index contributed by atoms with van der Waals surface area (Å²) in [5.41, 5.74) is 3.58. The van der Waals surface area contributed by atoms with Gasteiger partial charge in [-0.25, -0.2) is 4.68 Å². The Hall–Kier alpha value is -2.15. The van der Waals surface area contributed by atoms with E-state index in [0.717, 1.165) is 11.4 Å². The first-order chi connectivity index (χ1) is 13.4. The molecular weight excluding hydrogens is 392 g/mol. The second kappa shape index (κ2) is 8.90. The van der Waals surface area contributed by atoms with E-state index in [9.17, 15) is 4.79 Å². The number of amides is 1. The number of rotatable bonds is 7. The zero-order chi connectivity index (χ0) is 20.3. The first-order valence-electron chi connectivity index (χ1n) is 9.19. The quantitative estimate of drug-likeness (QED) is 0.605. The summed E-state index contributed by atoms with van der Waals surface area (Å²) >= 11 is 7.66. The lowest BCUT2D eigenvalue weighted by Gasteiger charge is -2.24. The number of halogens is 1. The molecular formula is C21H25ClN4OS. The molecule has 3 rings (SSSR count). The first-order valence-corrected chi connectivity index (χ1v) is 10.5. The number of likely N-dealkylation sites (N-methyl/N-ethyl adjacent to an activating group) is 1. The fraction of sp³-hybridized carbons (Fsp3) is 0.333. The molecule has 1 amide bonds. The Bertz CT molecular complexity index is 917. The van der Waals surface area contributed by atoms with Crippen LogP contribution in [0.15, 0.2) is 47.3 Å². The van der Waals surface area contributed by atoms with Crippen LogP contribution < -0.4 is 5.32 Å². The van der Waals surface area contributed by atoms with Crippen LogP contribution in [0.2, 0.25) is 5.02 Å². The van der Waals surface area contributed by atoms with Gasteiger partial charge in [0.2, 0.25) is 0 Å². The second-order valence-corrected chi connectivity index (χ2v) is 8.45. The van der Waals surface area contributed by atoms with E-state index in [-0.39, 0.29) is 17.9 Å². The second-order valence-electron chi connectivity index (χ2n) is 7.23. The minimum Gasteiger partial charge on any atom is -0.350 e. The number of nitrogens with zero attached hydrogens (tertiary/aromatic N) is 3. The maximum absolute atomic E-state index is 13.0. The van der Waals surface area contributed by atoms with Crippen molar-refractivity contribution in [2.24, 2.45) is 0 Å². The van der Waals surface area contributed by atoms with Crippen molar-refractivity contribution in [1.82, 2.24) is 20.0 Å². The van der Waals surface area contributed by atoms with Gasteiger partial charge in [-0.3, -0.25) is 4.79 Å². The third-order valence-electron chi connectivity index (χ3n) is 4.68. The molecule has 5 nitrogen and oxygen atoms in total. The van der Waals surface area contributed by atoms with Crippen molar-refractivity contribution in [2.75, 3.05) is 20.6 Å². The summed E-state index contributed by atoms with van der Waals surface area (Å²) in [6.45, 7) is 4.66. The lowest BCUT2D eigenvalue weighted by molar-refractivity contribution is 0.0940. The van der Waals surface area contributed by atoms with Crippen LogP contribution in [0, 0.1) is 0 Å². The molecule has 1 unspecified atom stereocenters. The molecule has 7 heteroatoms. The fourth-order valence-corrected chi connectivity index (χ4v) is 4.06. The van der Waals surface area contributed by atoms with E-state index in [1.54, 1.807) is 17.5 Å². The maximum atomic E-state index is 13.0. The highest BCUT2D eigenvalue weighted by atomic mass is 35.5. The summed E-state index contributed by atoms with van der Waals surface area (Å²) in [5.74, 6) is 0.0337. The zero-order valence-electron chi connectivity index (χ0n) is 16.5. The van der Waals surface area contributed by atoms with Gasteiger partial charge in [0.25, 0.3) is 5.91 Å². The average molecular weight is 417 g/mol. The number of benzene rings is 1. The Balaban J connectivity index is 1.82. The lowest BCUT2D eigenvalue weighted by atomic mass is 10.0. The van der Waals surface area contributed by atoms with Gasteiger partial charge >= 0.3 is 0 Å². The van der Waals surface area contributed by atoms with Gasteiger partial charge in [-0.05, 0) is 66.7 Å². The van der Waals surface area contributed by atoms with Crippen LogP contribution in [-0.4, -0.2) is 41.2 Å². The molecule has 0 aliphatic heterocycles. The Labute approximate surface area is 174 Å². The predicted molar refractivity (Wildman–Crippen MR) is 116 cm³/mol. The third-order valence-corrected chi connectivity index (χ3v) is 5.63. The Morgan fingerprint density at radius 3 is 2.54 bits per heavy atom. The standard InChI is InChI=1S/C21H25ClN4OS/c1-14(2)20-18(11-24-26(20)17-7-5-16(22)6-8-17)21(27)23-12-19(25(3)4)15-9-10-28-13-15/h5-11,13-14,19H,12H2,1-4H3,(H,23,27). The van der Waals surface area contributed by atoms with E-state index in [4.69, 9.17) is 11.6 Å². The summed E-state index contributed by atoms with van der Waals surface area (Å²) in [5, 5.41) is 12.4. The lowest BCUT2D eigenvalue weighted by Crippen LogP contribution is -2.34. The van der Waals surface area contributed by atoms with Gasteiger partial charge in [0.1, 0.15) is 0 Å². The number of thiophene rings is 1. The molecule has 1 aromatic carbocycles. The van der Waals surface area contributed by atoms with E-state index < -0.39 is 0 Å². The molecule has 1 N–H and O–H groups in total. The SMILES string of the molecule is CC(C)c1c(C(=O)NCC(c2ccsc2)N(C)C)cnn1-c1ccc(Cl)cc1. The van der Waals surface area contributed by atoms with Gasteiger partial charge in [-0.2, -0.15) is 16.4 Å². The summed E-state index contributed by atoms with van der Waals surface area (Å²) in [6.07, 6.45) is 1.65. The first kappa shape index (κ1) is 20.6. The number of carbonyl (C=O) groups excluding carboxylic acids is 1. The van der Waals surface area contributed by atoms with E-state index >= 15 is 0 Å². The van der Waals surface area contributed by atoms with Gasteiger partial charge in [0.05, 0.1) is 29.2 Å². The van der Waals surface area contributed by atoms with Crippen molar-refractivity contribution in [3.63, 3.8) is 0 Å². The number of hydrogen-bond acceptors (Lipinski definition) is 4. The summed E-state index contributed by atoms with van der Waals surface area (Å²) in [6, 6.07) is 9.68. The Morgan fingerprint density at radius 1 is 1.25 bits per heavy atom. The molecule has 28 heavy (non-hydrogen) atoms. The fourth-order valence-electron chi connectivity index (χ4n) is 3.22. The summed E-state index contributed by atoms with van der Waals surface area (Å²) in [7, 11) is 4.04. The van der Waals surface area contributed by atoms with Crippen molar-refractivity contribution < 1.29 is 4.79 Å². The van der Waals surface area contributed by atoms with Crippen LogP contribution in [0.3, 0.4) is 0 Å². The summed E-state index contributed by atoms with van der Waals surface area (Å²) < 4.78 is 1.82. The number of nitrogens with one attached hydrogen (secondary N) is 1. The normalized spacial score (nSPS) is 12.5. The molecule has 0 spiro atoms. The van der Waals surface area contributed by atoms with Crippen LogP contribution in [0.25, 0.3) is 5.69 Å². The van der Waals surface area contributed by atoms with Crippen LogP contribution in [0.1, 0.15) is 47.4 Å². The highest BCUT2D eigenvalue weighted by molar-refractivity contribution is 7.08. The molecule has 1 atom stereocenters. The van der Waals surface area contributed by atoms with E-state index in [0.29, 0.717) is 17.1 Å². The smallest absolute Gasteiger partial charge is 0.254 e. The molecule has 0 saturated carbocycles. The van der Waals surface area contributed by atoms with Gasteiger partial charge in [-0.1, -0.05) is 25.4 Å². The number of hydrogen-bond donors (Lipinski definition) is 1. The summed E-state index contributed by atoms with van der Waals surface area (Å²) in [4.78, 5) is 15.1. The van der Waals surface area contributed by atoms with E-state index in [1.807, 2.05) is 43.0 Å². The molecule has 148 valence electrons. The van der Waals surface area contributed by atoms with Gasteiger partial charge in [0.15, 0.2) is 0 Å². The molecule has 0 aliphatic carbocycles. The molecule has 0 saturated heterocycles. The molecule has 3 aromatic rings. The van der Waals surface area contributed by atoms with Crippen molar-refractivity contribution in [3.8, 4) is 5.69 Å². The van der Waals surface area contributed by atoms with E-state index in [1.165, 1.54) is 5.56 Å². The van der Waals surface area contributed by atoms with Crippen LogP contribution in [-0.2, 0) is 0 Å². The minimum absolute atomic E-state index is 0.106. The third kappa shape index (κ3) is 4.46. The molecule has 0 bridgehead atoms.